The van der Waals surface area contributed by atoms with E-state index in [1.165, 1.54) is 24.1 Å². The topological polar surface area (TPSA) is 90.0 Å². The van der Waals surface area contributed by atoms with E-state index in [4.69, 9.17) is 1.37 Å². The lowest BCUT2D eigenvalue weighted by molar-refractivity contribution is -0.139. The molecule has 2 saturated heterocycles. The minimum Gasteiger partial charge on any atom is -0.341 e. The molecule has 2 heterocycles. The summed E-state index contributed by atoms with van der Waals surface area (Å²) >= 11 is 0. The van der Waals surface area contributed by atoms with Crippen LogP contribution in [0.15, 0.2) is 48.5 Å². The van der Waals surface area contributed by atoms with Gasteiger partial charge in [-0.25, -0.2) is 9.18 Å². The number of likely N-dealkylation sites (tertiary alicyclic amines) is 1. The Hall–Kier alpha value is -3.75. The van der Waals surface area contributed by atoms with Crippen LogP contribution in [0.25, 0.3) is 0 Å². The molecule has 2 aliphatic heterocycles. The van der Waals surface area contributed by atoms with Crippen molar-refractivity contribution in [3.8, 4) is 0 Å². The minimum absolute atomic E-state index is 0.122. The summed E-state index contributed by atoms with van der Waals surface area (Å²) in [5.41, 5.74) is -0.00890. The maximum Gasteiger partial charge on any atom is 0.331 e. The summed E-state index contributed by atoms with van der Waals surface area (Å²) in [6.45, 7) is 5.76. The van der Waals surface area contributed by atoms with E-state index in [0.29, 0.717) is 5.69 Å². The fourth-order valence-electron chi connectivity index (χ4n) is 4.99. The summed E-state index contributed by atoms with van der Waals surface area (Å²) in [5, 5.41) is 2.69. The highest BCUT2D eigenvalue weighted by molar-refractivity contribution is 6.16. The van der Waals surface area contributed by atoms with Gasteiger partial charge in [0.2, 0.25) is 5.91 Å². The van der Waals surface area contributed by atoms with Gasteiger partial charge in [-0.15, -0.1) is 0 Å². The molecule has 2 aliphatic rings. The van der Waals surface area contributed by atoms with Gasteiger partial charge in [0.1, 0.15) is 17.4 Å². The van der Waals surface area contributed by atoms with Gasteiger partial charge < -0.3 is 10.2 Å². The summed E-state index contributed by atoms with van der Waals surface area (Å²) in [7, 11) is 1.44. The molecule has 0 radical (unpaired) electrons. The summed E-state index contributed by atoms with van der Waals surface area (Å²) < 4.78 is 22.0. The number of hydrogen-bond acceptors (Lipinski definition) is 4. The first kappa shape index (κ1) is 24.0. The Bertz CT molecular complexity index is 1240. The number of hydrogen-bond donors (Lipinski definition) is 1. The van der Waals surface area contributed by atoms with Crippen LogP contribution in [0.5, 0.6) is 0 Å². The normalized spacial score (nSPS) is 18.6. The Kier molecular flexibility index (Phi) is 6.47. The number of urea groups is 1. The summed E-state index contributed by atoms with van der Waals surface area (Å²) in [5.74, 6) is -2.24. The smallest absolute Gasteiger partial charge is 0.331 e. The molecule has 9 heteroatoms. The number of benzene rings is 2. The number of piperidine rings is 1. The standard InChI is InChI=1S/C27H31FN4O4/c1-17(2)22(29-23(33)20-16-18(3)10-11-21(20)28)24(34)31-14-12-27(13-15-31)25(35)30(4)26(36)32(27)19-8-6-5-7-9-19/h5-11,16-17,22H,12-15H2,1-4H3,(H,29,33)/t22-/m1/s1/i5D. The fraction of sp³-hybridized carbons (Fsp3) is 0.407. The van der Waals surface area contributed by atoms with Gasteiger partial charge >= 0.3 is 6.03 Å². The van der Waals surface area contributed by atoms with E-state index in [1.54, 1.807) is 56.0 Å². The number of nitrogens with zero attached hydrogens (tertiary/aromatic N) is 3. The maximum atomic E-state index is 14.3. The van der Waals surface area contributed by atoms with Gasteiger partial charge in [0, 0.05) is 25.8 Å². The monoisotopic (exact) mass is 495 g/mol. The SMILES string of the molecule is [2H]c1ccc(N2C(=O)N(C)C(=O)C23CCN(C(=O)[C@H](NC(=O)c2cc(C)ccc2F)C(C)C)CC3)cc1. The van der Waals surface area contributed by atoms with E-state index < -0.39 is 29.3 Å². The number of carbonyl (C=O) groups is 4. The predicted molar refractivity (Wildman–Crippen MR) is 133 cm³/mol. The Balaban J connectivity index is 1.53. The van der Waals surface area contributed by atoms with Crippen LogP contribution in [0.2, 0.25) is 0 Å². The summed E-state index contributed by atoms with van der Waals surface area (Å²) in [4.78, 5) is 56.7. The number of carbonyl (C=O) groups excluding carboxylic acids is 4. The number of anilines is 1. The van der Waals surface area contributed by atoms with Gasteiger partial charge in [-0.1, -0.05) is 43.7 Å². The van der Waals surface area contributed by atoms with Crippen molar-refractivity contribution in [1.29, 1.82) is 0 Å². The van der Waals surface area contributed by atoms with Crippen LogP contribution >= 0.6 is 0 Å². The van der Waals surface area contributed by atoms with Crippen LogP contribution < -0.4 is 10.2 Å². The van der Waals surface area contributed by atoms with E-state index in [1.807, 2.05) is 0 Å². The molecule has 5 amide bonds. The van der Waals surface area contributed by atoms with Crippen molar-refractivity contribution >= 4 is 29.4 Å². The van der Waals surface area contributed by atoms with Gasteiger partial charge in [-0.05, 0) is 49.9 Å². The number of aryl methyl sites for hydroxylation is 1. The second-order valence-electron chi connectivity index (χ2n) is 9.78. The number of nitrogens with one attached hydrogen (secondary N) is 1. The Morgan fingerprint density at radius 2 is 1.75 bits per heavy atom. The van der Waals surface area contributed by atoms with E-state index in [-0.39, 0.29) is 55.3 Å². The lowest BCUT2D eigenvalue weighted by Gasteiger charge is -2.43. The Morgan fingerprint density at radius 3 is 2.36 bits per heavy atom. The molecule has 2 aromatic carbocycles. The van der Waals surface area contributed by atoms with Crippen LogP contribution in [0, 0.1) is 18.7 Å². The van der Waals surface area contributed by atoms with Crippen LogP contribution in [0.3, 0.4) is 0 Å². The fourth-order valence-corrected chi connectivity index (χ4v) is 4.99. The minimum atomic E-state index is -1.13. The van der Waals surface area contributed by atoms with Crippen molar-refractivity contribution < 1.29 is 24.9 Å². The second-order valence-corrected chi connectivity index (χ2v) is 9.78. The zero-order valence-corrected chi connectivity index (χ0v) is 20.9. The van der Waals surface area contributed by atoms with Crippen LogP contribution in [-0.2, 0) is 9.59 Å². The third kappa shape index (κ3) is 4.34. The maximum absolute atomic E-state index is 14.3. The molecule has 190 valence electrons. The number of likely N-dealkylation sites (N-methyl/N-ethyl adjacent to an activating group) is 1. The van der Waals surface area contributed by atoms with Gasteiger partial charge in [0.05, 0.1) is 6.93 Å². The molecule has 0 saturated carbocycles. The summed E-state index contributed by atoms with van der Waals surface area (Å²) in [6.07, 6.45) is 0.448. The third-order valence-corrected chi connectivity index (χ3v) is 7.06. The van der Waals surface area contributed by atoms with Crippen molar-refractivity contribution in [1.82, 2.24) is 15.1 Å². The third-order valence-electron chi connectivity index (χ3n) is 7.06. The van der Waals surface area contributed by atoms with Crippen LogP contribution in [-0.4, -0.2) is 65.3 Å². The largest absolute Gasteiger partial charge is 0.341 e. The molecule has 1 spiro atoms. The van der Waals surface area contributed by atoms with Crippen LogP contribution in [0.1, 0.15) is 44.0 Å². The lowest BCUT2D eigenvalue weighted by Crippen LogP contribution is -2.60. The lowest BCUT2D eigenvalue weighted by atomic mass is 9.85. The first-order valence-electron chi connectivity index (χ1n) is 12.5. The molecule has 0 aromatic heterocycles. The zero-order chi connectivity index (χ0) is 27.1. The van der Waals surface area contributed by atoms with Crippen molar-refractivity contribution in [3.05, 3.63) is 65.5 Å². The van der Waals surface area contributed by atoms with E-state index >= 15 is 0 Å². The number of amides is 5. The number of para-hydroxylation sites is 1. The number of halogens is 1. The van der Waals surface area contributed by atoms with Gasteiger partial charge in [0.15, 0.2) is 0 Å². The molecule has 0 aliphatic carbocycles. The first-order valence-corrected chi connectivity index (χ1v) is 12.0. The highest BCUT2D eigenvalue weighted by atomic mass is 19.1. The van der Waals surface area contributed by atoms with E-state index in [2.05, 4.69) is 5.32 Å². The number of imide groups is 1. The second kappa shape index (κ2) is 9.72. The van der Waals surface area contributed by atoms with E-state index in [9.17, 15) is 23.6 Å². The van der Waals surface area contributed by atoms with E-state index in [0.717, 1.165) is 10.5 Å². The molecular formula is C27H31FN4O4. The van der Waals surface area contributed by atoms with Crippen LogP contribution in [0.4, 0.5) is 14.9 Å². The van der Waals surface area contributed by atoms with Gasteiger partial charge in [-0.2, -0.15) is 0 Å². The molecule has 36 heavy (non-hydrogen) atoms. The zero-order valence-electron chi connectivity index (χ0n) is 21.9. The van der Waals surface area contributed by atoms with Gasteiger partial charge in [-0.3, -0.25) is 24.2 Å². The highest BCUT2D eigenvalue weighted by Crippen LogP contribution is 2.40. The molecule has 1 atom stereocenters. The molecule has 1 N–H and O–H groups in total. The molecule has 2 aromatic rings. The van der Waals surface area contributed by atoms with Crippen molar-refractivity contribution in [2.45, 2.75) is 45.2 Å². The molecule has 0 unspecified atom stereocenters. The van der Waals surface area contributed by atoms with Crippen molar-refractivity contribution in [2.24, 2.45) is 5.92 Å². The first-order chi connectivity index (χ1) is 17.5. The quantitative estimate of drug-likeness (QED) is 0.645. The van der Waals surface area contributed by atoms with Crippen molar-refractivity contribution in [3.63, 3.8) is 0 Å². The average molecular weight is 496 g/mol. The molecule has 2 fully saturated rings. The summed E-state index contributed by atoms with van der Waals surface area (Å²) in [6, 6.07) is 9.59. The predicted octanol–water partition coefficient (Wildman–Crippen LogP) is 3.35. The van der Waals surface area contributed by atoms with Crippen molar-refractivity contribution in [2.75, 3.05) is 25.0 Å². The molecule has 4 rings (SSSR count). The Morgan fingerprint density at radius 1 is 1.11 bits per heavy atom. The average Bonchev–Trinajstić information content (AvgIpc) is 3.05. The Labute approximate surface area is 211 Å². The molecule has 8 nitrogen and oxygen atoms in total. The highest BCUT2D eigenvalue weighted by Gasteiger charge is 2.58. The van der Waals surface area contributed by atoms with Gasteiger partial charge in [0.25, 0.3) is 11.8 Å². The molecule has 0 bridgehead atoms. The molecular weight excluding hydrogens is 463 g/mol. The number of rotatable bonds is 5.